The number of benzene rings is 2. The Balaban J connectivity index is 1.65. The lowest BCUT2D eigenvalue weighted by Gasteiger charge is -2.19. The molecular weight excluding hydrogens is 495 g/mol. The lowest BCUT2D eigenvalue weighted by molar-refractivity contribution is -0.140. The fourth-order valence-electron chi connectivity index (χ4n) is 3.99. The number of nitrogens with zero attached hydrogens (tertiary/aromatic N) is 3. The monoisotopic (exact) mass is 514 g/mol. The Labute approximate surface area is 197 Å². The molecule has 1 aromatic heterocycles. The summed E-state index contributed by atoms with van der Waals surface area (Å²) in [6, 6.07) is 7.19. The molecular formula is C22H19F5N4O3S. The molecule has 1 fully saturated rings. The van der Waals surface area contributed by atoms with Gasteiger partial charge in [-0.3, -0.25) is 4.79 Å². The smallest absolute Gasteiger partial charge is 0.339 e. The number of nitrogens with one attached hydrogen (secondary N) is 1. The Morgan fingerprint density at radius 2 is 1.77 bits per heavy atom. The number of rotatable bonds is 5. The molecule has 1 aliphatic rings. The summed E-state index contributed by atoms with van der Waals surface area (Å²) >= 11 is 0. The summed E-state index contributed by atoms with van der Waals surface area (Å²) in [5, 5.41) is 2.10. The van der Waals surface area contributed by atoms with Crippen molar-refractivity contribution in [1.29, 1.82) is 0 Å². The number of hydrogen-bond acceptors (Lipinski definition) is 4. The molecule has 1 amide bonds. The molecule has 13 heteroatoms. The molecule has 0 saturated carbocycles. The number of aromatic nitrogens is 2. The predicted octanol–water partition coefficient (Wildman–Crippen LogP) is 3.76. The molecule has 0 spiro atoms. The average Bonchev–Trinajstić information content (AvgIpc) is 3.42. The fourth-order valence-corrected chi connectivity index (χ4v) is 5.44. The van der Waals surface area contributed by atoms with Crippen molar-refractivity contribution in [3.63, 3.8) is 0 Å². The zero-order valence-corrected chi connectivity index (χ0v) is 18.9. The van der Waals surface area contributed by atoms with Gasteiger partial charge in [-0.15, -0.1) is 0 Å². The van der Waals surface area contributed by atoms with Crippen LogP contribution in [0.15, 0.2) is 60.0 Å². The molecule has 0 aliphatic carbocycles. The zero-order valence-electron chi connectivity index (χ0n) is 18.1. The number of anilines is 1. The highest BCUT2D eigenvalue weighted by Gasteiger charge is 2.44. The van der Waals surface area contributed by atoms with E-state index in [2.05, 4.69) is 10.3 Å². The average molecular weight is 514 g/mol. The van der Waals surface area contributed by atoms with Crippen LogP contribution >= 0.6 is 0 Å². The van der Waals surface area contributed by atoms with Crippen LogP contribution in [0.3, 0.4) is 0 Å². The molecule has 186 valence electrons. The number of amides is 1. The van der Waals surface area contributed by atoms with Crippen molar-refractivity contribution in [3.05, 3.63) is 77.8 Å². The van der Waals surface area contributed by atoms with Crippen LogP contribution < -0.4 is 5.32 Å². The number of carbonyl (C=O) groups is 1. The second-order valence-corrected chi connectivity index (χ2v) is 10.0. The van der Waals surface area contributed by atoms with E-state index < -0.39 is 51.1 Å². The van der Waals surface area contributed by atoms with Gasteiger partial charge >= 0.3 is 6.18 Å². The van der Waals surface area contributed by atoms with Gasteiger partial charge in [0.05, 0.1) is 17.8 Å². The SMILES string of the molecule is Cn1cnc(S(=O)(=O)N2CC(C(=O)Nc3ccc(F)c(C(F)(F)F)c3)C(c3ccc(F)cc3)C2)c1. The van der Waals surface area contributed by atoms with Crippen LogP contribution in [0.5, 0.6) is 0 Å². The lowest BCUT2D eigenvalue weighted by Crippen LogP contribution is -2.32. The summed E-state index contributed by atoms with van der Waals surface area (Å²) in [5.41, 5.74) is -1.37. The van der Waals surface area contributed by atoms with Gasteiger partial charge in [-0.25, -0.2) is 22.2 Å². The number of imidazole rings is 1. The minimum absolute atomic E-state index is 0.139. The van der Waals surface area contributed by atoms with Gasteiger partial charge < -0.3 is 9.88 Å². The van der Waals surface area contributed by atoms with Crippen molar-refractivity contribution in [2.45, 2.75) is 17.1 Å². The zero-order chi connectivity index (χ0) is 25.5. The molecule has 0 bridgehead atoms. The maximum Gasteiger partial charge on any atom is 0.419 e. The number of halogens is 5. The maximum absolute atomic E-state index is 13.6. The first-order valence-corrected chi connectivity index (χ1v) is 11.7. The molecule has 1 saturated heterocycles. The summed E-state index contributed by atoms with van der Waals surface area (Å²) in [7, 11) is -2.50. The lowest BCUT2D eigenvalue weighted by atomic mass is 9.88. The van der Waals surface area contributed by atoms with Crippen LogP contribution in [0.1, 0.15) is 17.0 Å². The number of carbonyl (C=O) groups excluding carboxylic acids is 1. The molecule has 7 nitrogen and oxygen atoms in total. The standard InChI is InChI=1S/C22H19F5N4O3S/c1-30-11-20(28-12-30)35(33,34)31-9-16(13-2-4-14(23)5-3-13)17(10-31)21(32)29-15-6-7-19(24)18(8-15)22(25,26)27/h2-8,11-12,16-17H,9-10H2,1H3,(H,29,32). The Bertz CT molecular complexity index is 1360. The highest BCUT2D eigenvalue weighted by atomic mass is 32.2. The Kier molecular flexibility index (Phi) is 6.40. The Morgan fingerprint density at radius 1 is 1.09 bits per heavy atom. The second kappa shape index (κ2) is 9.04. The van der Waals surface area contributed by atoms with Gasteiger partial charge in [0.25, 0.3) is 10.0 Å². The molecule has 1 N–H and O–H groups in total. The summed E-state index contributed by atoms with van der Waals surface area (Å²) in [6.45, 7) is -0.431. The van der Waals surface area contributed by atoms with E-state index in [0.717, 1.165) is 22.5 Å². The van der Waals surface area contributed by atoms with Crippen molar-refractivity contribution < 1.29 is 35.2 Å². The molecule has 1 aliphatic heterocycles. The van der Waals surface area contributed by atoms with E-state index in [1.54, 1.807) is 7.05 Å². The van der Waals surface area contributed by atoms with Crippen molar-refractivity contribution in [1.82, 2.24) is 13.9 Å². The summed E-state index contributed by atoms with van der Waals surface area (Å²) in [5.74, 6) is -4.54. The van der Waals surface area contributed by atoms with Gasteiger partial charge in [-0.05, 0) is 35.9 Å². The van der Waals surface area contributed by atoms with E-state index in [4.69, 9.17) is 0 Å². The summed E-state index contributed by atoms with van der Waals surface area (Å²) in [4.78, 5) is 17.0. The third-order valence-electron chi connectivity index (χ3n) is 5.75. The Morgan fingerprint density at radius 3 is 2.37 bits per heavy atom. The van der Waals surface area contributed by atoms with Crippen LogP contribution in [0, 0.1) is 17.6 Å². The molecule has 2 heterocycles. The van der Waals surface area contributed by atoms with Crippen molar-refractivity contribution in [2.75, 3.05) is 18.4 Å². The topological polar surface area (TPSA) is 84.3 Å². The number of hydrogen-bond donors (Lipinski definition) is 1. The molecule has 4 rings (SSSR count). The normalized spacial score (nSPS) is 19.1. The maximum atomic E-state index is 13.6. The third kappa shape index (κ3) is 5.05. The van der Waals surface area contributed by atoms with Gasteiger partial charge in [0, 0.05) is 37.9 Å². The minimum atomic E-state index is -4.97. The number of sulfonamides is 1. The third-order valence-corrected chi connectivity index (χ3v) is 7.46. The predicted molar refractivity (Wildman–Crippen MR) is 115 cm³/mol. The summed E-state index contributed by atoms with van der Waals surface area (Å²) in [6.07, 6.45) is -2.37. The van der Waals surface area contributed by atoms with Gasteiger partial charge in [0.2, 0.25) is 5.91 Å². The van der Waals surface area contributed by atoms with Crippen LogP contribution in [0.2, 0.25) is 0 Å². The van der Waals surface area contributed by atoms with Gasteiger partial charge in [-0.1, -0.05) is 12.1 Å². The van der Waals surface area contributed by atoms with Gasteiger partial charge in [0.15, 0.2) is 5.03 Å². The van der Waals surface area contributed by atoms with Gasteiger partial charge in [0.1, 0.15) is 11.6 Å². The highest BCUT2D eigenvalue weighted by Crippen LogP contribution is 2.37. The van der Waals surface area contributed by atoms with Crippen molar-refractivity contribution in [3.8, 4) is 0 Å². The molecule has 2 aromatic carbocycles. The van der Waals surface area contributed by atoms with Crippen molar-refractivity contribution in [2.24, 2.45) is 13.0 Å². The fraction of sp³-hybridized carbons (Fsp3) is 0.273. The first-order valence-electron chi connectivity index (χ1n) is 10.3. The van der Waals surface area contributed by atoms with Crippen LogP contribution in [0.4, 0.5) is 27.6 Å². The second-order valence-electron chi connectivity index (χ2n) is 8.15. The van der Waals surface area contributed by atoms with E-state index in [1.165, 1.54) is 29.2 Å². The van der Waals surface area contributed by atoms with Crippen molar-refractivity contribution >= 4 is 21.6 Å². The quantitative estimate of drug-likeness (QED) is 0.526. The van der Waals surface area contributed by atoms with E-state index in [-0.39, 0.29) is 23.8 Å². The largest absolute Gasteiger partial charge is 0.419 e. The first-order chi connectivity index (χ1) is 16.4. The van der Waals surface area contributed by atoms with Crippen LogP contribution in [-0.4, -0.2) is 41.3 Å². The van der Waals surface area contributed by atoms with Crippen LogP contribution in [0.25, 0.3) is 0 Å². The van der Waals surface area contributed by atoms with Gasteiger partial charge in [-0.2, -0.15) is 17.5 Å². The van der Waals surface area contributed by atoms with E-state index >= 15 is 0 Å². The van der Waals surface area contributed by atoms with E-state index in [9.17, 15) is 35.2 Å². The highest BCUT2D eigenvalue weighted by molar-refractivity contribution is 7.89. The molecule has 0 radical (unpaired) electrons. The number of alkyl halides is 3. The summed E-state index contributed by atoms with van der Waals surface area (Å²) < 4.78 is 94.9. The molecule has 3 aromatic rings. The van der Waals surface area contributed by atoms with Crippen LogP contribution in [-0.2, 0) is 28.0 Å². The molecule has 35 heavy (non-hydrogen) atoms. The first kappa shape index (κ1) is 24.8. The van der Waals surface area contributed by atoms with E-state index in [1.807, 2.05) is 0 Å². The van der Waals surface area contributed by atoms with E-state index in [0.29, 0.717) is 17.7 Å². The Hall–Kier alpha value is -3.32. The molecule has 2 atom stereocenters. The number of aryl methyl sites for hydroxylation is 1. The molecule has 2 unspecified atom stereocenters. The minimum Gasteiger partial charge on any atom is -0.339 e.